The predicted molar refractivity (Wildman–Crippen MR) is 518 cm³/mol. The van der Waals surface area contributed by atoms with Crippen LogP contribution in [0.4, 0.5) is 0 Å². The molecule has 5 unspecified atom stereocenters. The lowest BCUT2D eigenvalue weighted by molar-refractivity contribution is -0.161. The van der Waals surface area contributed by atoms with Crippen molar-refractivity contribution >= 4 is 33.6 Å². The van der Waals surface area contributed by atoms with Crippen LogP contribution in [-0.4, -0.2) is 95.9 Å². The third-order valence-corrected chi connectivity index (χ3v) is 22.5. The fraction of sp³-hybridized carbons (Fsp3) is 0.686. The summed E-state index contributed by atoms with van der Waals surface area (Å²) in [6.07, 6.45) is 126. The van der Waals surface area contributed by atoms with Gasteiger partial charge in [-0.2, -0.15) is 0 Å². The van der Waals surface area contributed by atoms with E-state index in [0.29, 0.717) is 19.3 Å². The van der Waals surface area contributed by atoms with Gasteiger partial charge in [0.05, 0.1) is 26.4 Å². The van der Waals surface area contributed by atoms with Crippen LogP contribution >= 0.6 is 15.6 Å². The third kappa shape index (κ3) is 97.1. The van der Waals surface area contributed by atoms with Gasteiger partial charge in [0.2, 0.25) is 0 Å². The minimum Gasteiger partial charge on any atom is -0.463 e. The Hall–Kier alpha value is -5.35. The van der Waals surface area contributed by atoms with Gasteiger partial charge in [0.1, 0.15) is 25.4 Å². The molecule has 0 aliphatic heterocycles. The number of hydrogen-bond donors (Lipinski definition) is 4. The third-order valence-electron chi connectivity index (χ3n) is 20.6. The first-order valence-electron chi connectivity index (χ1n) is 49.1. The van der Waals surface area contributed by atoms with Crippen LogP contribution in [0.3, 0.4) is 0 Å². The van der Waals surface area contributed by atoms with E-state index in [0.717, 1.165) is 180 Å². The van der Waals surface area contributed by atoms with Crippen molar-refractivity contribution in [3.63, 3.8) is 0 Å². The molecule has 4 N–H and O–H groups in total. The molecule has 0 fully saturated rings. The van der Waals surface area contributed by atoms with Crippen molar-refractivity contribution in [2.45, 2.75) is 424 Å². The smallest absolute Gasteiger partial charge is 0.463 e. The van der Waals surface area contributed by atoms with Crippen LogP contribution in [0.5, 0.6) is 0 Å². The second-order valence-electron chi connectivity index (χ2n) is 32.5. The zero-order valence-corrected chi connectivity index (χ0v) is 79.6. The number of phosphoric acid groups is 2. The maximum absolute atomic E-state index is 13.1. The molecule has 16 nitrogen and oxygen atoms in total. The topological polar surface area (TPSA) is 231 Å². The van der Waals surface area contributed by atoms with Crippen LogP contribution in [0.2, 0.25) is 0 Å². The number of unbranched alkanes of at least 4 members (excludes halogenated alkanes) is 39. The molecule has 0 saturated carbocycles. The Morgan fingerprint density at radius 2 is 0.431 bits per heavy atom. The Morgan fingerprint density at radius 1 is 0.236 bits per heavy atom. The number of hydrogen-bond acceptors (Lipinski definition) is 14. The molecule has 0 aromatic heterocycles. The minimum atomic E-state index is -4.95. The van der Waals surface area contributed by atoms with Crippen molar-refractivity contribution in [2.75, 3.05) is 39.6 Å². The number of carbonyl (C=O) groups is 3. The molecule has 5 atom stereocenters. The molecule has 0 heterocycles. The Balaban J connectivity index is 4.62. The summed E-state index contributed by atoms with van der Waals surface area (Å²) in [6, 6.07) is 0. The number of aliphatic hydroxyl groups is 2. The van der Waals surface area contributed by atoms with Gasteiger partial charge in [0, 0.05) is 19.3 Å². The lowest BCUT2D eigenvalue weighted by Crippen LogP contribution is -2.30. The van der Waals surface area contributed by atoms with Gasteiger partial charge >= 0.3 is 33.6 Å². The molecular weight excluding hydrogens is 1580 g/mol. The van der Waals surface area contributed by atoms with Crippen LogP contribution in [-0.2, 0) is 55.8 Å². The van der Waals surface area contributed by atoms with Crippen molar-refractivity contribution in [3.05, 3.63) is 182 Å². The summed E-state index contributed by atoms with van der Waals surface area (Å²) in [5, 5.41) is 20.8. The molecule has 704 valence electrons. The van der Waals surface area contributed by atoms with Gasteiger partial charge in [0.15, 0.2) is 6.10 Å². The van der Waals surface area contributed by atoms with Crippen molar-refractivity contribution in [1.82, 2.24) is 0 Å². The molecule has 0 spiro atoms. The maximum atomic E-state index is 13.1. The largest absolute Gasteiger partial charge is 0.472 e. The molecular formula is C105H178O16P2. The second kappa shape index (κ2) is 95.7. The normalized spacial score (nSPS) is 14.5. The summed E-state index contributed by atoms with van der Waals surface area (Å²) in [7, 11) is -9.82. The van der Waals surface area contributed by atoms with Gasteiger partial charge in [-0.1, -0.05) is 409 Å². The lowest BCUT2D eigenvalue weighted by atomic mass is 10.0. The summed E-state index contributed by atoms with van der Waals surface area (Å²) in [6.45, 7) is 2.47. The zero-order chi connectivity index (χ0) is 89.3. The number of esters is 3. The zero-order valence-electron chi connectivity index (χ0n) is 77.8. The first kappa shape index (κ1) is 118. The molecule has 0 aromatic rings. The molecule has 0 aliphatic carbocycles. The highest BCUT2D eigenvalue weighted by atomic mass is 31.2. The van der Waals surface area contributed by atoms with Crippen LogP contribution in [0.1, 0.15) is 406 Å². The first-order chi connectivity index (χ1) is 60.2. The van der Waals surface area contributed by atoms with Gasteiger partial charge in [-0.25, -0.2) is 9.13 Å². The summed E-state index contributed by atoms with van der Waals surface area (Å²) in [4.78, 5) is 59.1. The number of ether oxygens (including phenoxy) is 3. The molecule has 18 heteroatoms. The highest BCUT2D eigenvalue weighted by Crippen LogP contribution is 2.45. The summed E-state index contributed by atoms with van der Waals surface area (Å²) in [5.41, 5.74) is 0. The lowest BCUT2D eigenvalue weighted by Gasteiger charge is -2.21. The fourth-order valence-corrected chi connectivity index (χ4v) is 14.8. The van der Waals surface area contributed by atoms with E-state index in [2.05, 4.69) is 203 Å². The van der Waals surface area contributed by atoms with Gasteiger partial charge in [-0.3, -0.25) is 32.5 Å². The van der Waals surface area contributed by atoms with E-state index in [1.165, 1.54) is 167 Å². The summed E-state index contributed by atoms with van der Waals surface area (Å²) in [5.74, 6) is -1.58. The average molecular weight is 1760 g/mol. The van der Waals surface area contributed by atoms with Gasteiger partial charge in [-0.15, -0.1) is 0 Å². The highest BCUT2D eigenvalue weighted by Gasteiger charge is 2.30. The average Bonchev–Trinajstić information content (AvgIpc) is 0.893. The van der Waals surface area contributed by atoms with E-state index in [-0.39, 0.29) is 19.3 Å². The van der Waals surface area contributed by atoms with E-state index in [9.17, 15) is 43.5 Å². The monoisotopic (exact) mass is 1760 g/mol. The van der Waals surface area contributed by atoms with Gasteiger partial charge in [-0.05, 0) is 161 Å². The van der Waals surface area contributed by atoms with Crippen LogP contribution in [0.15, 0.2) is 182 Å². The molecule has 0 rings (SSSR count). The molecule has 0 aromatic carbocycles. The highest BCUT2D eigenvalue weighted by molar-refractivity contribution is 7.47. The predicted octanol–water partition coefficient (Wildman–Crippen LogP) is 30.8. The molecule has 0 aliphatic rings. The maximum Gasteiger partial charge on any atom is 0.472 e. The van der Waals surface area contributed by atoms with E-state index in [4.69, 9.17) is 32.3 Å². The molecule has 0 bridgehead atoms. The minimum absolute atomic E-state index is 0.0939. The quantitative estimate of drug-likeness (QED) is 0.0146. The summed E-state index contributed by atoms with van der Waals surface area (Å²) >= 11 is 0. The number of rotatable bonds is 92. The van der Waals surface area contributed by atoms with E-state index in [1.54, 1.807) is 0 Å². The first-order valence-corrected chi connectivity index (χ1v) is 52.1. The number of aliphatic hydroxyl groups excluding tert-OH is 2. The van der Waals surface area contributed by atoms with Crippen LogP contribution < -0.4 is 0 Å². The number of carbonyl (C=O) groups excluding carboxylic acids is 3. The number of allylic oxidation sites excluding steroid dienone is 30. The Kier molecular flexibility index (Phi) is 91.6. The van der Waals surface area contributed by atoms with E-state index in [1.807, 2.05) is 0 Å². The Bertz CT molecular complexity index is 2970. The Labute approximate surface area is 751 Å². The molecule has 0 amide bonds. The van der Waals surface area contributed by atoms with Crippen LogP contribution in [0.25, 0.3) is 0 Å². The van der Waals surface area contributed by atoms with Crippen molar-refractivity contribution in [2.24, 2.45) is 0 Å². The molecule has 0 saturated heterocycles. The standard InChI is InChI=1S/C105H178O16P2/c1-4-7-10-13-16-19-22-25-28-31-34-37-40-43-46-47-48-49-50-51-54-56-58-61-64-67-70-73-76-79-82-85-88-91-103(108)115-94-100(106)95-117-122(111,112)118-96-101(107)97-119-123(113,114)120-99-102(121-105(110)93-90-87-84-81-78-75-72-69-66-63-60-57-53-45-42-39-36-33-30-27-24-21-18-15-12-9-6-3)98-116-104(109)92-89-86-83-80-77-74-71-68-65-62-59-55-52-44-41-38-35-32-29-26-23-20-17-14-11-8-5-2/h7-8,10-11,16-21,25-30,34-39,43-46,52-53,59,62,100-102,106-107H,4-6,9,12-15,22-24,31-33,40-42,47-51,54-58,60-61,63-99H2,1-3H3,(H,111,112)(H,113,114)/b10-7-,11-8-,19-16-,20-17-,21-18-,28-25-,29-26-,30-27-,37-34-,38-35-,39-36-,46-43-,52-44-,53-45-,62-59-. The summed E-state index contributed by atoms with van der Waals surface area (Å²) < 4.78 is 61.6. The van der Waals surface area contributed by atoms with Crippen molar-refractivity contribution < 1.29 is 75.8 Å². The Morgan fingerprint density at radius 3 is 0.683 bits per heavy atom. The van der Waals surface area contributed by atoms with E-state index >= 15 is 0 Å². The second-order valence-corrected chi connectivity index (χ2v) is 35.4. The van der Waals surface area contributed by atoms with Crippen LogP contribution in [0, 0.1) is 0 Å². The number of phosphoric ester groups is 2. The van der Waals surface area contributed by atoms with Crippen molar-refractivity contribution in [1.29, 1.82) is 0 Å². The van der Waals surface area contributed by atoms with E-state index < -0.39 is 91.5 Å². The molecule has 123 heavy (non-hydrogen) atoms. The molecule has 0 radical (unpaired) electrons. The SMILES string of the molecule is CC/C=C\C/C=C\C/C=C\C/C=C\C/C=C\C/C=C\CCCCCCCCCCC(=O)OCC(COP(=O)(O)OCC(O)COP(=O)(O)OCC(O)COC(=O)CCCCCCCCCCCCCCCCCCC/C=C\C/C=C\C/C=C\C/C=C\C/C=C\CC)OC(=O)CCCCCCCCCCCCC/C=C\C/C=C\C/C=C\C/C=C\CCCCC. The van der Waals surface area contributed by atoms with Gasteiger partial charge in [0.25, 0.3) is 0 Å². The fourth-order valence-electron chi connectivity index (χ4n) is 13.2. The van der Waals surface area contributed by atoms with Gasteiger partial charge < -0.3 is 34.2 Å². The van der Waals surface area contributed by atoms with Crippen molar-refractivity contribution in [3.8, 4) is 0 Å².